The Hall–Kier alpha value is -1.91. The highest BCUT2D eigenvalue weighted by atomic mass is 16.6. The molecule has 10 nitrogen and oxygen atoms in total. The van der Waals surface area contributed by atoms with Gasteiger partial charge in [-0.3, -0.25) is 14.6 Å². The van der Waals surface area contributed by atoms with Crippen molar-refractivity contribution in [3.8, 4) is 0 Å². The van der Waals surface area contributed by atoms with Gasteiger partial charge >= 0.3 is 12.2 Å². The van der Waals surface area contributed by atoms with E-state index in [-0.39, 0.29) is 13.2 Å². The van der Waals surface area contributed by atoms with Gasteiger partial charge in [0.1, 0.15) is 28.7 Å². The second-order valence-corrected chi connectivity index (χ2v) is 11.8. The minimum atomic E-state index is -2.78. The normalized spacial score (nSPS) is 28.6. The standard InChI is InChI=1S/C13H25NO4.C12H21NO4/c1-11(2,3)18-10(15)14-9(12(4,5)16)8-17-13(14,6)7;1-8(14)9-7-16-12(5,6)13(9)10(15)17-11(2,3)4/h9,16H,8H2,1-7H3;9H,7H2,1-6H3/t2*9-/m11/s1/i4D3;1D3/t9-,12-;m. The molecule has 2 rings (SSSR count). The van der Waals surface area contributed by atoms with E-state index in [1.165, 1.54) is 11.8 Å². The zero-order valence-corrected chi connectivity index (χ0v) is 22.8. The molecule has 0 aromatic rings. The van der Waals surface area contributed by atoms with E-state index in [1.54, 1.807) is 69.2 Å². The molecule has 0 aromatic heterocycles. The van der Waals surface area contributed by atoms with Crippen LogP contribution in [0.5, 0.6) is 0 Å². The van der Waals surface area contributed by atoms with E-state index in [9.17, 15) is 19.5 Å². The number of hydrogen-bond acceptors (Lipinski definition) is 8. The molecule has 0 aromatic carbocycles. The van der Waals surface area contributed by atoms with Gasteiger partial charge in [-0.05, 0) is 89.9 Å². The topological polar surface area (TPSA) is 115 Å². The first-order valence-corrected chi connectivity index (χ1v) is 11.4. The van der Waals surface area contributed by atoms with Gasteiger partial charge in [0.25, 0.3) is 0 Å². The van der Waals surface area contributed by atoms with Crippen molar-refractivity contribution < 1.29 is 46.7 Å². The number of rotatable bonds is 2. The Balaban J connectivity index is 0.000000410. The summed E-state index contributed by atoms with van der Waals surface area (Å²) in [6, 6.07) is -2.18. The van der Waals surface area contributed by atoms with Gasteiger partial charge in [-0.2, -0.15) is 0 Å². The van der Waals surface area contributed by atoms with Crippen molar-refractivity contribution in [2.75, 3.05) is 13.2 Å². The molecule has 3 atom stereocenters. The van der Waals surface area contributed by atoms with Crippen molar-refractivity contribution in [3.63, 3.8) is 0 Å². The Kier molecular flexibility index (Phi) is 6.51. The first-order chi connectivity index (χ1) is 17.9. The van der Waals surface area contributed by atoms with E-state index in [0.29, 0.717) is 0 Å². The molecule has 2 aliphatic rings. The molecule has 204 valence electrons. The summed E-state index contributed by atoms with van der Waals surface area (Å²) in [5.74, 6) is -1.02. The van der Waals surface area contributed by atoms with Crippen molar-refractivity contribution in [3.05, 3.63) is 0 Å². The third-order valence-electron chi connectivity index (χ3n) is 5.10. The van der Waals surface area contributed by atoms with Gasteiger partial charge in [0.2, 0.25) is 0 Å². The summed E-state index contributed by atoms with van der Waals surface area (Å²) in [5.41, 5.74) is -5.72. The van der Waals surface area contributed by atoms with Gasteiger partial charge < -0.3 is 24.1 Å². The summed E-state index contributed by atoms with van der Waals surface area (Å²) in [6.45, 7) is 12.2. The van der Waals surface area contributed by atoms with Crippen LogP contribution < -0.4 is 0 Å². The summed E-state index contributed by atoms with van der Waals surface area (Å²) in [6.07, 6.45) is -1.47. The highest BCUT2D eigenvalue weighted by molar-refractivity contribution is 5.86. The SMILES string of the molecule is [2H]C([2H])([2H])C(=O)[C@H]1COC(C)(C)N1C(=O)OC(C)(C)C.[2H]C([2H])([2H])[C@](C)(O)[C@H]1COC(C)(C)N1C(=O)OC(C)(C)C. The van der Waals surface area contributed by atoms with E-state index in [2.05, 4.69) is 0 Å². The molecule has 2 heterocycles. The predicted octanol–water partition coefficient (Wildman–Crippen LogP) is 4.08. The summed E-state index contributed by atoms with van der Waals surface area (Å²) in [4.78, 5) is 38.8. The van der Waals surface area contributed by atoms with E-state index < -0.39 is 72.0 Å². The van der Waals surface area contributed by atoms with Crippen molar-refractivity contribution in [2.24, 2.45) is 0 Å². The lowest BCUT2D eigenvalue weighted by atomic mass is 9.98. The smallest absolute Gasteiger partial charge is 0.413 e. The number of carbonyl (C=O) groups excluding carboxylic acids is 3. The van der Waals surface area contributed by atoms with E-state index >= 15 is 0 Å². The zero-order chi connectivity index (χ0) is 32.8. The summed E-state index contributed by atoms with van der Waals surface area (Å²) in [5, 5.41) is 10.4. The quantitative estimate of drug-likeness (QED) is 0.593. The van der Waals surface area contributed by atoms with Gasteiger partial charge in [0.15, 0.2) is 5.78 Å². The molecule has 2 aliphatic heterocycles. The Morgan fingerprint density at radius 2 is 1.29 bits per heavy atom. The van der Waals surface area contributed by atoms with Crippen LogP contribution in [0.1, 0.15) is 98.1 Å². The average Bonchev–Trinajstić information content (AvgIpc) is 3.18. The third-order valence-corrected chi connectivity index (χ3v) is 5.10. The minimum absolute atomic E-state index is 0.0718. The summed E-state index contributed by atoms with van der Waals surface area (Å²) >= 11 is 0. The number of Topliss-reactive ketones (excluding diaryl/α,β-unsaturated/α-hetero) is 1. The maximum absolute atomic E-state index is 12.4. The van der Waals surface area contributed by atoms with Gasteiger partial charge in [-0.25, -0.2) is 9.59 Å². The van der Waals surface area contributed by atoms with Crippen molar-refractivity contribution in [2.45, 2.75) is 130 Å². The highest BCUT2D eigenvalue weighted by Gasteiger charge is 2.51. The van der Waals surface area contributed by atoms with Crippen molar-refractivity contribution >= 4 is 18.0 Å². The molecule has 35 heavy (non-hydrogen) atoms. The lowest BCUT2D eigenvalue weighted by molar-refractivity contribution is -0.122. The van der Waals surface area contributed by atoms with Crippen LogP contribution in [0.4, 0.5) is 9.59 Å². The lowest BCUT2D eigenvalue weighted by Gasteiger charge is -2.38. The monoisotopic (exact) mass is 508 g/mol. The Labute approximate surface area is 218 Å². The number of aliphatic hydroxyl groups is 1. The molecule has 0 spiro atoms. The fourth-order valence-corrected chi connectivity index (χ4v) is 3.53. The maximum Gasteiger partial charge on any atom is 0.413 e. The molecule has 0 bridgehead atoms. The number of hydrogen-bond donors (Lipinski definition) is 1. The van der Waals surface area contributed by atoms with Gasteiger partial charge in [-0.1, -0.05) is 0 Å². The molecule has 0 radical (unpaired) electrons. The molecule has 1 N–H and O–H groups in total. The van der Waals surface area contributed by atoms with E-state index in [0.717, 1.165) is 4.90 Å². The number of carbonyl (C=O) groups is 3. The van der Waals surface area contributed by atoms with Gasteiger partial charge in [-0.15, -0.1) is 0 Å². The van der Waals surface area contributed by atoms with Crippen LogP contribution in [0.15, 0.2) is 0 Å². The second kappa shape index (κ2) is 10.2. The van der Waals surface area contributed by atoms with Crippen molar-refractivity contribution in [1.29, 1.82) is 0 Å². The number of ketones is 1. The molecule has 0 unspecified atom stereocenters. The lowest BCUT2D eigenvalue weighted by Crippen LogP contribution is -2.56. The number of amides is 2. The highest BCUT2D eigenvalue weighted by Crippen LogP contribution is 2.34. The maximum atomic E-state index is 12.4. The fraction of sp³-hybridized carbons (Fsp3) is 0.880. The molecule has 2 saturated heterocycles. The molecule has 0 aliphatic carbocycles. The first-order valence-electron chi connectivity index (χ1n) is 14.4. The summed E-state index contributed by atoms with van der Waals surface area (Å²) < 4.78 is 65.4. The van der Waals surface area contributed by atoms with Crippen LogP contribution in [0, 0.1) is 0 Å². The van der Waals surface area contributed by atoms with Crippen LogP contribution in [0.3, 0.4) is 0 Å². The van der Waals surface area contributed by atoms with Gasteiger partial charge in [0, 0.05) is 8.22 Å². The minimum Gasteiger partial charge on any atom is -0.444 e. The van der Waals surface area contributed by atoms with Crippen LogP contribution in [-0.2, 0) is 23.7 Å². The van der Waals surface area contributed by atoms with Crippen LogP contribution in [0.25, 0.3) is 0 Å². The molecular formula is C25H46N2O8. The molecule has 0 saturated carbocycles. The second-order valence-electron chi connectivity index (χ2n) is 11.8. The molecule has 10 heteroatoms. The Morgan fingerprint density at radius 1 is 0.857 bits per heavy atom. The third kappa shape index (κ3) is 8.61. The van der Waals surface area contributed by atoms with Crippen LogP contribution >= 0.6 is 0 Å². The number of ether oxygens (including phenoxy) is 4. The first kappa shape index (κ1) is 22.3. The average molecular weight is 509 g/mol. The Bertz CT molecular complexity index is 981. The fourth-order valence-electron chi connectivity index (χ4n) is 3.53. The largest absolute Gasteiger partial charge is 0.444 e. The summed E-state index contributed by atoms with van der Waals surface area (Å²) in [7, 11) is 0. The van der Waals surface area contributed by atoms with Crippen LogP contribution in [0.2, 0.25) is 0 Å². The Morgan fingerprint density at radius 3 is 1.71 bits per heavy atom. The molecule has 2 fully saturated rings. The van der Waals surface area contributed by atoms with E-state index in [1.807, 2.05) is 0 Å². The van der Waals surface area contributed by atoms with Crippen LogP contribution in [-0.4, -0.2) is 86.4 Å². The van der Waals surface area contributed by atoms with E-state index in [4.69, 9.17) is 27.2 Å². The molecule has 2 amide bonds. The molecular weight excluding hydrogens is 456 g/mol. The van der Waals surface area contributed by atoms with Gasteiger partial charge in [0.05, 0.1) is 24.9 Å². The zero-order valence-electron chi connectivity index (χ0n) is 28.8. The number of nitrogens with zero attached hydrogens (tertiary/aromatic N) is 2. The predicted molar refractivity (Wildman–Crippen MR) is 131 cm³/mol. The van der Waals surface area contributed by atoms with Crippen molar-refractivity contribution in [1.82, 2.24) is 9.80 Å².